The van der Waals surface area contributed by atoms with Crippen LogP contribution in [0.3, 0.4) is 0 Å². The molecule has 0 aliphatic heterocycles. The largest absolute Gasteiger partial charge is 0.468 e. The van der Waals surface area contributed by atoms with Crippen LogP contribution < -0.4 is 5.14 Å². The quantitative estimate of drug-likeness (QED) is 0.567. The van der Waals surface area contributed by atoms with E-state index in [-0.39, 0.29) is 5.97 Å². The number of fused-ring (bicyclic) bond motifs is 3. The normalized spacial score (nSPS) is 17.2. The molecule has 2 unspecified atom stereocenters. The standard InChI is InChI=1S/C19H17N3O3S/c1-25-19(23)17-14-5-3-4-6-15(14)18-16(17)11-21-22(18)12-7-9-13(10-8-12)26(2,20)24/h3-11,17H,2H2,1H3,(H2,20,24). The molecule has 0 saturated heterocycles. The summed E-state index contributed by atoms with van der Waals surface area (Å²) in [4.78, 5) is 12.8. The van der Waals surface area contributed by atoms with Gasteiger partial charge in [-0.1, -0.05) is 24.3 Å². The van der Waals surface area contributed by atoms with Crippen molar-refractivity contribution >= 4 is 21.5 Å². The topological polar surface area (TPSA) is 87.2 Å². The molecule has 0 fully saturated rings. The molecule has 1 heterocycles. The third kappa shape index (κ3) is 2.44. The Bertz CT molecular complexity index is 1120. The molecule has 0 saturated carbocycles. The minimum Gasteiger partial charge on any atom is -0.468 e. The van der Waals surface area contributed by atoms with Crippen LogP contribution >= 0.6 is 0 Å². The Morgan fingerprint density at radius 2 is 1.88 bits per heavy atom. The number of hydrogen-bond acceptors (Lipinski definition) is 4. The summed E-state index contributed by atoms with van der Waals surface area (Å²) in [5.41, 5.74) is 4.28. The van der Waals surface area contributed by atoms with Crippen molar-refractivity contribution < 1.29 is 13.7 Å². The molecule has 3 aromatic rings. The minimum atomic E-state index is -2.76. The smallest absolute Gasteiger partial charge is 0.317 e. The zero-order chi connectivity index (χ0) is 18.5. The molecule has 0 amide bonds. The summed E-state index contributed by atoms with van der Waals surface area (Å²) in [6.07, 6.45) is 1.69. The summed E-state index contributed by atoms with van der Waals surface area (Å²) in [5, 5.41) is 10.0. The lowest BCUT2D eigenvalue weighted by Gasteiger charge is -2.10. The first-order chi connectivity index (χ1) is 12.4. The Morgan fingerprint density at radius 1 is 1.19 bits per heavy atom. The van der Waals surface area contributed by atoms with Crippen molar-refractivity contribution in [1.29, 1.82) is 0 Å². The summed E-state index contributed by atoms with van der Waals surface area (Å²) in [5.74, 6) is 2.69. The third-order valence-electron chi connectivity index (χ3n) is 4.55. The van der Waals surface area contributed by atoms with Crippen molar-refractivity contribution in [2.45, 2.75) is 10.8 Å². The van der Waals surface area contributed by atoms with Crippen LogP contribution in [0.25, 0.3) is 16.9 Å². The number of methoxy groups -OCH3 is 1. The molecule has 1 aromatic heterocycles. The lowest BCUT2D eigenvalue weighted by Crippen LogP contribution is -2.12. The van der Waals surface area contributed by atoms with E-state index in [1.54, 1.807) is 35.1 Å². The predicted octanol–water partition coefficient (Wildman–Crippen LogP) is 2.11. The van der Waals surface area contributed by atoms with Crippen LogP contribution in [0.5, 0.6) is 0 Å². The van der Waals surface area contributed by atoms with Gasteiger partial charge in [0.15, 0.2) is 0 Å². The Hall–Kier alpha value is -2.90. The first-order valence-electron chi connectivity index (χ1n) is 7.92. The van der Waals surface area contributed by atoms with E-state index in [9.17, 15) is 9.00 Å². The molecule has 2 N–H and O–H groups in total. The maximum absolute atomic E-state index is 12.3. The molecule has 1 aliphatic rings. The first-order valence-corrected chi connectivity index (χ1v) is 9.71. The highest BCUT2D eigenvalue weighted by Crippen LogP contribution is 2.45. The first kappa shape index (κ1) is 16.6. The number of carbonyl (C=O) groups excluding carboxylic acids is 1. The summed E-state index contributed by atoms with van der Waals surface area (Å²) in [7, 11) is -1.38. The Balaban J connectivity index is 1.88. The predicted molar refractivity (Wildman–Crippen MR) is 101 cm³/mol. The van der Waals surface area contributed by atoms with Gasteiger partial charge in [0.25, 0.3) is 0 Å². The molecular weight excluding hydrogens is 350 g/mol. The number of esters is 1. The van der Waals surface area contributed by atoms with Crippen LogP contribution in [0.1, 0.15) is 17.0 Å². The van der Waals surface area contributed by atoms with Crippen molar-refractivity contribution in [3.63, 3.8) is 0 Å². The van der Waals surface area contributed by atoms with Crippen molar-refractivity contribution in [3.8, 4) is 16.9 Å². The number of nitrogens with two attached hydrogens (primary N) is 1. The number of ether oxygens (including phenoxy) is 1. The number of aromatic nitrogens is 2. The summed E-state index contributed by atoms with van der Waals surface area (Å²) in [6, 6.07) is 14.6. The highest BCUT2D eigenvalue weighted by Gasteiger charge is 2.37. The molecule has 0 bridgehead atoms. The van der Waals surface area contributed by atoms with Crippen LogP contribution in [0.4, 0.5) is 0 Å². The fourth-order valence-corrected chi connectivity index (χ4v) is 3.96. The molecule has 132 valence electrons. The second-order valence-electron chi connectivity index (χ2n) is 6.12. The Kier molecular flexibility index (Phi) is 3.71. The van der Waals surface area contributed by atoms with E-state index in [1.165, 1.54) is 7.11 Å². The van der Waals surface area contributed by atoms with Crippen molar-refractivity contribution in [2.75, 3.05) is 7.11 Å². The van der Waals surface area contributed by atoms with Crippen LogP contribution in [-0.4, -0.2) is 32.9 Å². The maximum Gasteiger partial charge on any atom is 0.317 e. The van der Waals surface area contributed by atoms with Gasteiger partial charge in [-0.2, -0.15) is 5.10 Å². The molecule has 4 rings (SSSR count). The van der Waals surface area contributed by atoms with E-state index in [1.807, 2.05) is 24.3 Å². The number of rotatable bonds is 3. The van der Waals surface area contributed by atoms with E-state index in [4.69, 9.17) is 9.88 Å². The van der Waals surface area contributed by atoms with Crippen LogP contribution in [0.2, 0.25) is 0 Å². The van der Waals surface area contributed by atoms with E-state index in [0.717, 1.165) is 28.1 Å². The van der Waals surface area contributed by atoms with Gasteiger partial charge in [0, 0.05) is 16.0 Å². The number of benzene rings is 2. The summed E-state index contributed by atoms with van der Waals surface area (Å²) in [6.45, 7) is 0. The van der Waals surface area contributed by atoms with Crippen molar-refractivity contribution in [1.82, 2.24) is 9.78 Å². The molecule has 2 aromatic carbocycles. The Morgan fingerprint density at radius 3 is 2.54 bits per heavy atom. The van der Waals surface area contributed by atoms with E-state index in [0.29, 0.717) is 4.90 Å². The molecule has 2 atom stereocenters. The highest BCUT2D eigenvalue weighted by atomic mass is 32.2. The van der Waals surface area contributed by atoms with E-state index >= 15 is 0 Å². The highest BCUT2D eigenvalue weighted by molar-refractivity contribution is 7.98. The average Bonchev–Trinajstić information content (AvgIpc) is 3.18. The van der Waals surface area contributed by atoms with Gasteiger partial charge in [-0.15, -0.1) is 0 Å². The molecule has 0 spiro atoms. The maximum atomic E-state index is 12.3. The molecule has 6 nitrogen and oxygen atoms in total. The third-order valence-corrected chi connectivity index (χ3v) is 5.62. The van der Waals surface area contributed by atoms with E-state index in [2.05, 4.69) is 11.0 Å². The summed E-state index contributed by atoms with van der Waals surface area (Å²) >= 11 is 0. The SMILES string of the molecule is C=S(N)(=O)c1ccc(-n2ncc3c2-c2ccccc2C3C(=O)OC)cc1. The zero-order valence-electron chi connectivity index (χ0n) is 14.1. The van der Waals surface area contributed by atoms with Crippen molar-refractivity contribution in [3.05, 3.63) is 65.9 Å². The Labute approximate surface area is 151 Å². The van der Waals surface area contributed by atoms with Crippen LogP contribution in [0, 0.1) is 0 Å². The van der Waals surface area contributed by atoms with Crippen molar-refractivity contribution in [2.24, 2.45) is 5.14 Å². The van der Waals surface area contributed by atoms with Gasteiger partial charge >= 0.3 is 5.97 Å². The van der Waals surface area contributed by atoms with Gasteiger partial charge in [-0.25, -0.2) is 8.89 Å². The average molecular weight is 367 g/mol. The molecule has 0 radical (unpaired) electrons. The molecule has 7 heteroatoms. The van der Waals surface area contributed by atoms with Crippen LogP contribution in [0.15, 0.2) is 59.6 Å². The second kappa shape index (κ2) is 5.82. The van der Waals surface area contributed by atoms with Gasteiger partial charge in [0.05, 0.1) is 34.4 Å². The van der Waals surface area contributed by atoms with Gasteiger partial charge in [0.1, 0.15) is 5.92 Å². The fourth-order valence-electron chi connectivity index (χ4n) is 3.36. The lowest BCUT2D eigenvalue weighted by molar-refractivity contribution is -0.141. The van der Waals surface area contributed by atoms with E-state index < -0.39 is 15.6 Å². The molecule has 26 heavy (non-hydrogen) atoms. The second-order valence-corrected chi connectivity index (χ2v) is 8.05. The monoisotopic (exact) mass is 367 g/mol. The number of nitrogens with zero attached hydrogens (tertiary/aromatic N) is 2. The molecule has 1 aliphatic carbocycles. The fraction of sp³-hybridized carbons (Fsp3) is 0.105. The van der Waals surface area contributed by atoms with Gasteiger partial charge < -0.3 is 4.74 Å². The van der Waals surface area contributed by atoms with Gasteiger partial charge in [-0.05, 0) is 35.7 Å². The number of hydrogen-bond donors (Lipinski definition) is 1. The zero-order valence-corrected chi connectivity index (χ0v) is 14.9. The lowest BCUT2D eigenvalue weighted by atomic mass is 9.98. The number of carbonyl (C=O) groups is 1. The minimum absolute atomic E-state index is 0.314. The van der Waals surface area contributed by atoms with Crippen LogP contribution in [-0.2, 0) is 19.2 Å². The summed E-state index contributed by atoms with van der Waals surface area (Å²) < 4.78 is 18.6. The van der Waals surface area contributed by atoms with Gasteiger partial charge in [-0.3, -0.25) is 9.93 Å². The molecular formula is C19H17N3O3S. The van der Waals surface area contributed by atoms with Gasteiger partial charge in [0.2, 0.25) is 0 Å².